The maximum absolute atomic E-state index is 12.3. The van der Waals surface area contributed by atoms with Gasteiger partial charge in [-0.15, -0.1) is 0 Å². The second kappa shape index (κ2) is 5.57. The van der Waals surface area contributed by atoms with Crippen molar-refractivity contribution >= 4 is 21.6 Å². The van der Waals surface area contributed by atoms with Gasteiger partial charge in [0.2, 0.25) is 5.91 Å². The van der Waals surface area contributed by atoms with Gasteiger partial charge in [-0.25, -0.2) is 13.1 Å². The molecular weight excluding hydrogens is 302 g/mol. The van der Waals surface area contributed by atoms with Crippen LogP contribution in [0, 0.1) is 12.8 Å². The van der Waals surface area contributed by atoms with Gasteiger partial charge in [-0.1, -0.05) is 18.2 Å². The zero-order valence-corrected chi connectivity index (χ0v) is 13.0. The summed E-state index contributed by atoms with van der Waals surface area (Å²) in [5.41, 5.74) is 1.91. The number of carbonyl (C=O) groups is 1. The summed E-state index contributed by atoms with van der Waals surface area (Å²) in [5, 5.41) is 7.03. The van der Waals surface area contributed by atoms with Gasteiger partial charge in [0.1, 0.15) is 5.82 Å². The highest BCUT2D eigenvalue weighted by Crippen LogP contribution is 2.22. The number of benzene rings is 1. The van der Waals surface area contributed by atoms with Crippen molar-refractivity contribution < 1.29 is 13.2 Å². The number of nitrogens with one attached hydrogen (secondary N) is 1. The van der Waals surface area contributed by atoms with Crippen LogP contribution in [-0.4, -0.2) is 35.6 Å². The van der Waals surface area contributed by atoms with Crippen molar-refractivity contribution in [1.29, 1.82) is 0 Å². The smallest absolute Gasteiger partial charge is 0.229 e. The number of amides is 1. The van der Waals surface area contributed by atoms with Crippen molar-refractivity contribution in [3.63, 3.8) is 0 Å². The van der Waals surface area contributed by atoms with E-state index in [4.69, 9.17) is 0 Å². The number of aromatic nitrogens is 2. The second-order valence-corrected chi connectivity index (χ2v) is 7.73. The molecule has 1 aromatic heterocycles. The van der Waals surface area contributed by atoms with Crippen molar-refractivity contribution in [2.24, 2.45) is 5.92 Å². The minimum absolute atomic E-state index is 0.0721. The lowest BCUT2D eigenvalue weighted by Gasteiger charge is -2.13. The first kappa shape index (κ1) is 14.8. The summed E-state index contributed by atoms with van der Waals surface area (Å²) in [5.74, 6) is -0.190. The van der Waals surface area contributed by atoms with Crippen LogP contribution in [0.25, 0.3) is 5.69 Å². The van der Waals surface area contributed by atoms with Crippen molar-refractivity contribution in [1.82, 2.24) is 9.78 Å². The van der Waals surface area contributed by atoms with Gasteiger partial charge in [-0.05, 0) is 25.0 Å². The molecule has 0 radical (unpaired) electrons. The Morgan fingerprint density at radius 2 is 2.09 bits per heavy atom. The molecule has 1 aromatic carbocycles. The van der Waals surface area contributed by atoms with E-state index in [0.29, 0.717) is 12.2 Å². The van der Waals surface area contributed by atoms with Gasteiger partial charge in [-0.3, -0.25) is 4.79 Å². The number of hydrogen-bond donors (Lipinski definition) is 1. The zero-order valence-electron chi connectivity index (χ0n) is 12.2. The lowest BCUT2D eigenvalue weighted by atomic mass is 10.1. The van der Waals surface area contributed by atoms with Crippen molar-refractivity contribution in [3.05, 3.63) is 42.1 Å². The van der Waals surface area contributed by atoms with E-state index >= 15 is 0 Å². The third-order valence-electron chi connectivity index (χ3n) is 3.84. The number of carbonyl (C=O) groups excluding carboxylic acids is 1. The standard InChI is InChI=1S/C15H17N3O3S/c1-11-4-2-3-5-13(11)18-14(6-8-16-18)17-15(19)12-7-9-22(20,21)10-12/h2-6,8,12H,7,9-10H2,1H3,(H,17,19)/t12-/m1/s1. The molecule has 116 valence electrons. The Morgan fingerprint density at radius 1 is 1.32 bits per heavy atom. The molecule has 7 heteroatoms. The first-order valence-corrected chi connectivity index (χ1v) is 8.90. The molecule has 22 heavy (non-hydrogen) atoms. The fraction of sp³-hybridized carbons (Fsp3) is 0.333. The summed E-state index contributed by atoms with van der Waals surface area (Å²) >= 11 is 0. The highest BCUT2D eigenvalue weighted by atomic mass is 32.2. The largest absolute Gasteiger partial charge is 0.310 e. The van der Waals surface area contributed by atoms with Crippen LogP contribution in [0.4, 0.5) is 5.82 Å². The summed E-state index contributed by atoms with van der Waals surface area (Å²) in [6, 6.07) is 9.42. The average Bonchev–Trinajstić information content (AvgIpc) is 3.06. The summed E-state index contributed by atoms with van der Waals surface area (Å²) < 4.78 is 24.6. The Balaban J connectivity index is 1.82. The molecule has 1 fully saturated rings. The van der Waals surface area contributed by atoms with Crippen LogP contribution in [0.15, 0.2) is 36.5 Å². The van der Waals surface area contributed by atoms with Crippen molar-refractivity contribution in [2.45, 2.75) is 13.3 Å². The molecule has 0 saturated carbocycles. The molecule has 1 amide bonds. The van der Waals surface area contributed by atoms with Crippen LogP contribution < -0.4 is 5.32 Å². The molecule has 1 N–H and O–H groups in total. The number of rotatable bonds is 3. The van der Waals surface area contributed by atoms with Crippen LogP contribution in [0.3, 0.4) is 0 Å². The van der Waals surface area contributed by atoms with E-state index in [1.165, 1.54) is 0 Å². The molecule has 3 rings (SSSR count). The van der Waals surface area contributed by atoms with E-state index in [1.54, 1.807) is 16.9 Å². The number of hydrogen-bond acceptors (Lipinski definition) is 4. The first-order chi connectivity index (χ1) is 10.5. The molecule has 0 aliphatic carbocycles. The maximum Gasteiger partial charge on any atom is 0.229 e. The molecule has 1 aliphatic rings. The summed E-state index contributed by atoms with van der Waals surface area (Å²) in [4.78, 5) is 12.3. The number of aryl methyl sites for hydroxylation is 1. The second-order valence-electron chi connectivity index (χ2n) is 5.50. The third-order valence-corrected chi connectivity index (χ3v) is 5.61. The third kappa shape index (κ3) is 2.89. The van der Waals surface area contributed by atoms with Gasteiger partial charge >= 0.3 is 0 Å². The molecule has 2 heterocycles. The molecule has 1 saturated heterocycles. The van der Waals surface area contributed by atoms with Gasteiger partial charge in [0, 0.05) is 6.07 Å². The Labute approximate surface area is 129 Å². The number of sulfone groups is 1. The molecule has 1 aliphatic heterocycles. The maximum atomic E-state index is 12.3. The minimum Gasteiger partial charge on any atom is -0.310 e. The van der Waals surface area contributed by atoms with E-state index in [-0.39, 0.29) is 17.4 Å². The van der Waals surface area contributed by atoms with Gasteiger partial charge < -0.3 is 5.32 Å². The fourth-order valence-corrected chi connectivity index (χ4v) is 4.36. The summed E-state index contributed by atoms with van der Waals surface area (Å²) in [6.45, 7) is 1.96. The molecule has 6 nitrogen and oxygen atoms in total. The predicted molar refractivity (Wildman–Crippen MR) is 83.7 cm³/mol. The number of nitrogens with zero attached hydrogens (tertiary/aromatic N) is 2. The Morgan fingerprint density at radius 3 is 2.77 bits per heavy atom. The van der Waals surface area contributed by atoms with Gasteiger partial charge in [0.15, 0.2) is 9.84 Å². The van der Waals surface area contributed by atoms with Crippen LogP contribution in [0.2, 0.25) is 0 Å². The van der Waals surface area contributed by atoms with Crippen molar-refractivity contribution in [3.8, 4) is 5.69 Å². The van der Waals surface area contributed by atoms with E-state index in [1.807, 2.05) is 31.2 Å². The molecular formula is C15H17N3O3S. The van der Waals surface area contributed by atoms with E-state index in [0.717, 1.165) is 11.3 Å². The minimum atomic E-state index is -3.07. The molecule has 0 unspecified atom stereocenters. The van der Waals surface area contributed by atoms with Gasteiger partial charge in [0.25, 0.3) is 0 Å². The van der Waals surface area contributed by atoms with Gasteiger partial charge in [-0.2, -0.15) is 5.10 Å². The molecule has 2 aromatic rings. The van der Waals surface area contributed by atoms with E-state index in [9.17, 15) is 13.2 Å². The number of para-hydroxylation sites is 1. The molecule has 0 bridgehead atoms. The first-order valence-electron chi connectivity index (χ1n) is 7.07. The Hall–Kier alpha value is -2.15. The van der Waals surface area contributed by atoms with E-state index < -0.39 is 15.8 Å². The fourth-order valence-electron chi connectivity index (χ4n) is 2.62. The highest BCUT2D eigenvalue weighted by Gasteiger charge is 2.33. The SMILES string of the molecule is Cc1ccccc1-n1nccc1NC(=O)[C@@H]1CCS(=O)(=O)C1. The van der Waals surface area contributed by atoms with Crippen LogP contribution in [-0.2, 0) is 14.6 Å². The van der Waals surface area contributed by atoms with Gasteiger partial charge in [0.05, 0.1) is 29.3 Å². The lowest BCUT2D eigenvalue weighted by Crippen LogP contribution is -2.25. The average molecular weight is 319 g/mol. The van der Waals surface area contributed by atoms with Crippen LogP contribution in [0.1, 0.15) is 12.0 Å². The lowest BCUT2D eigenvalue weighted by molar-refractivity contribution is -0.119. The highest BCUT2D eigenvalue weighted by molar-refractivity contribution is 7.91. The Kier molecular flexibility index (Phi) is 3.74. The quantitative estimate of drug-likeness (QED) is 0.931. The Bertz CT molecular complexity index is 811. The molecule has 1 atom stereocenters. The monoisotopic (exact) mass is 319 g/mol. The normalized spacial score (nSPS) is 20.0. The van der Waals surface area contributed by atoms with Crippen LogP contribution >= 0.6 is 0 Å². The van der Waals surface area contributed by atoms with Crippen LogP contribution in [0.5, 0.6) is 0 Å². The number of anilines is 1. The van der Waals surface area contributed by atoms with Crippen molar-refractivity contribution in [2.75, 3.05) is 16.8 Å². The summed E-state index contributed by atoms with van der Waals surface area (Å²) in [6.07, 6.45) is 1.99. The topological polar surface area (TPSA) is 81.1 Å². The molecule has 0 spiro atoms. The van der Waals surface area contributed by atoms with E-state index in [2.05, 4.69) is 10.4 Å². The summed E-state index contributed by atoms with van der Waals surface area (Å²) in [7, 11) is -3.07. The zero-order chi connectivity index (χ0) is 15.7. The predicted octanol–water partition coefficient (Wildman–Crippen LogP) is 1.55.